The zero-order valence-corrected chi connectivity index (χ0v) is 17.8. The molecule has 0 aliphatic heterocycles. The van der Waals surface area contributed by atoms with Crippen molar-refractivity contribution >= 4 is 44.0 Å². The largest absolute Gasteiger partial charge is 0.497 e. The number of nitro benzene ring substituents is 1. The Morgan fingerprint density at radius 1 is 1.26 bits per heavy atom. The maximum atomic E-state index is 11.9. The average Bonchev–Trinajstić information content (AvgIpc) is 3.26. The lowest BCUT2D eigenvalue weighted by molar-refractivity contribution is -0.384. The summed E-state index contributed by atoms with van der Waals surface area (Å²) in [6, 6.07) is 11.1. The molecule has 0 saturated heterocycles. The summed E-state index contributed by atoms with van der Waals surface area (Å²) in [4.78, 5) is 27.9. The summed E-state index contributed by atoms with van der Waals surface area (Å²) in [5.74, 6) is 0.0718. The summed E-state index contributed by atoms with van der Waals surface area (Å²) in [5, 5.41) is 24.0. The lowest BCUT2D eigenvalue weighted by Gasteiger charge is -2.19. The van der Waals surface area contributed by atoms with Gasteiger partial charge < -0.3 is 15.2 Å². The molecule has 0 aliphatic carbocycles. The van der Waals surface area contributed by atoms with Gasteiger partial charge in [-0.15, -0.1) is 0 Å². The number of non-ortho nitro benzene ring substituents is 1. The van der Waals surface area contributed by atoms with E-state index in [1.807, 2.05) is 42.5 Å². The Morgan fingerprint density at radius 3 is 2.55 bits per heavy atom. The van der Waals surface area contributed by atoms with Crippen LogP contribution in [0, 0.1) is 16.0 Å². The molecule has 4 rings (SSSR count). The maximum absolute atomic E-state index is 11.9. The molecule has 2 aromatic carbocycles. The van der Waals surface area contributed by atoms with Crippen molar-refractivity contribution in [2.24, 2.45) is 5.92 Å². The normalized spacial score (nSPS) is 12.4. The molecule has 2 N–H and O–H groups in total. The number of hydrogen-bond donors (Lipinski definition) is 2. The number of nitrogens with one attached hydrogen (secondary N) is 1. The number of nitro groups is 1. The van der Waals surface area contributed by atoms with Gasteiger partial charge in [0.15, 0.2) is 4.96 Å². The summed E-state index contributed by atoms with van der Waals surface area (Å²) >= 11 is 1.31. The highest BCUT2D eigenvalue weighted by Gasteiger charge is 2.27. The lowest BCUT2D eigenvalue weighted by Crippen LogP contribution is -2.34. The van der Waals surface area contributed by atoms with E-state index < -0.39 is 16.9 Å². The summed E-state index contributed by atoms with van der Waals surface area (Å²) < 4.78 is 7.74. The van der Waals surface area contributed by atoms with Gasteiger partial charge in [0, 0.05) is 17.7 Å². The van der Waals surface area contributed by atoms with Crippen molar-refractivity contribution in [2.75, 3.05) is 12.4 Å². The van der Waals surface area contributed by atoms with Crippen LogP contribution in [0.25, 0.3) is 26.4 Å². The van der Waals surface area contributed by atoms with Crippen molar-refractivity contribution in [1.82, 2.24) is 9.38 Å². The van der Waals surface area contributed by atoms with E-state index >= 15 is 0 Å². The van der Waals surface area contributed by atoms with E-state index in [9.17, 15) is 20.0 Å². The third-order valence-corrected chi connectivity index (χ3v) is 6.03. The van der Waals surface area contributed by atoms with Crippen LogP contribution in [0.2, 0.25) is 0 Å². The predicted molar refractivity (Wildman–Crippen MR) is 119 cm³/mol. The third-order valence-electron chi connectivity index (χ3n) is 5.03. The Labute approximate surface area is 181 Å². The molecular formula is C21H20N4O5S. The molecule has 160 valence electrons. The van der Waals surface area contributed by atoms with E-state index in [0.717, 1.165) is 5.56 Å². The topological polar surface area (TPSA) is 119 Å². The van der Waals surface area contributed by atoms with Crippen LogP contribution in [0.5, 0.6) is 5.75 Å². The second-order valence-electron chi connectivity index (χ2n) is 7.37. The van der Waals surface area contributed by atoms with E-state index in [0.29, 0.717) is 32.4 Å². The molecule has 0 spiro atoms. The first-order chi connectivity index (χ1) is 14.8. The number of carboxylic acids is 1. The van der Waals surface area contributed by atoms with Gasteiger partial charge in [-0.3, -0.25) is 14.5 Å². The van der Waals surface area contributed by atoms with E-state index in [1.165, 1.54) is 23.5 Å². The van der Waals surface area contributed by atoms with Crippen molar-refractivity contribution in [3.63, 3.8) is 0 Å². The van der Waals surface area contributed by atoms with E-state index in [-0.39, 0.29) is 11.6 Å². The number of hydrogen-bond acceptors (Lipinski definition) is 7. The average molecular weight is 440 g/mol. The molecule has 0 amide bonds. The monoisotopic (exact) mass is 440 g/mol. The Morgan fingerprint density at radius 2 is 1.97 bits per heavy atom. The molecule has 2 heterocycles. The van der Waals surface area contributed by atoms with Crippen LogP contribution < -0.4 is 10.1 Å². The SMILES string of the molecule is COc1ccc(-c2nc3sc4cc([N+](=O)[O-])ccc4n3c2NC(C(=O)O)C(C)C)cc1. The number of thiazole rings is 1. The molecule has 0 saturated carbocycles. The van der Waals surface area contributed by atoms with E-state index in [1.54, 1.807) is 13.2 Å². The van der Waals surface area contributed by atoms with E-state index in [4.69, 9.17) is 9.72 Å². The Bertz CT molecular complexity index is 1290. The van der Waals surface area contributed by atoms with Crippen molar-refractivity contribution in [3.05, 3.63) is 52.6 Å². The summed E-state index contributed by atoms with van der Waals surface area (Å²) in [7, 11) is 1.58. The summed E-state index contributed by atoms with van der Waals surface area (Å²) in [6.07, 6.45) is 0. The number of methoxy groups -OCH3 is 1. The van der Waals surface area contributed by atoms with Gasteiger partial charge in [-0.2, -0.15) is 0 Å². The van der Waals surface area contributed by atoms with Crippen molar-refractivity contribution in [3.8, 4) is 17.0 Å². The molecule has 9 nitrogen and oxygen atoms in total. The Kier molecular flexibility index (Phi) is 5.24. The second kappa shape index (κ2) is 7.88. The van der Waals surface area contributed by atoms with Gasteiger partial charge in [-0.25, -0.2) is 9.78 Å². The molecule has 4 aromatic rings. The fraction of sp³-hybridized carbons (Fsp3) is 0.238. The van der Waals surface area contributed by atoms with Crippen molar-refractivity contribution in [2.45, 2.75) is 19.9 Å². The van der Waals surface area contributed by atoms with Crippen LogP contribution in [0.1, 0.15) is 13.8 Å². The highest BCUT2D eigenvalue weighted by Crippen LogP contribution is 2.38. The van der Waals surface area contributed by atoms with Crippen molar-refractivity contribution < 1.29 is 19.6 Å². The highest BCUT2D eigenvalue weighted by atomic mass is 32.1. The first-order valence-electron chi connectivity index (χ1n) is 9.53. The molecule has 31 heavy (non-hydrogen) atoms. The number of anilines is 1. The minimum atomic E-state index is -0.971. The summed E-state index contributed by atoms with van der Waals surface area (Å²) in [5.41, 5.74) is 2.10. The zero-order valence-electron chi connectivity index (χ0n) is 17.0. The number of aliphatic carboxylic acids is 1. The minimum Gasteiger partial charge on any atom is -0.497 e. The lowest BCUT2D eigenvalue weighted by atomic mass is 10.0. The molecule has 1 unspecified atom stereocenters. The van der Waals surface area contributed by atoms with Gasteiger partial charge in [0.25, 0.3) is 5.69 Å². The van der Waals surface area contributed by atoms with E-state index in [2.05, 4.69) is 5.32 Å². The highest BCUT2D eigenvalue weighted by molar-refractivity contribution is 7.23. The van der Waals surface area contributed by atoms with Crippen LogP contribution in [0.15, 0.2) is 42.5 Å². The Balaban J connectivity index is 1.95. The Hall–Kier alpha value is -3.66. The molecule has 2 aromatic heterocycles. The molecule has 0 fully saturated rings. The standard InChI is InChI=1S/C21H20N4O5S/c1-11(2)17(20(26)27)22-19-18(12-4-7-14(30-3)8-5-12)23-21-24(19)15-9-6-13(25(28)29)10-16(15)31-21/h4-11,17,22H,1-3H3,(H,26,27). The first-order valence-corrected chi connectivity index (χ1v) is 10.3. The minimum absolute atomic E-state index is 0.00696. The van der Waals surface area contributed by atoms with Crippen LogP contribution >= 0.6 is 11.3 Å². The third kappa shape index (κ3) is 3.66. The van der Waals surface area contributed by atoms with Gasteiger partial charge in [-0.1, -0.05) is 25.2 Å². The second-order valence-corrected chi connectivity index (χ2v) is 8.38. The number of carbonyl (C=O) groups is 1. The molecule has 0 bridgehead atoms. The molecule has 0 radical (unpaired) electrons. The predicted octanol–water partition coefficient (Wildman–Crippen LogP) is 4.65. The number of aromatic nitrogens is 2. The molecule has 0 aliphatic rings. The van der Waals surface area contributed by atoms with Crippen LogP contribution in [0.3, 0.4) is 0 Å². The van der Waals surface area contributed by atoms with Gasteiger partial charge >= 0.3 is 5.97 Å². The van der Waals surface area contributed by atoms with Gasteiger partial charge in [-0.05, 0) is 36.2 Å². The number of imidazole rings is 1. The maximum Gasteiger partial charge on any atom is 0.326 e. The first kappa shape index (κ1) is 20.6. The van der Waals surface area contributed by atoms with Crippen LogP contribution in [-0.2, 0) is 4.79 Å². The number of fused-ring (bicyclic) bond motifs is 3. The number of nitrogens with zero attached hydrogens (tertiary/aromatic N) is 3. The molecule has 10 heteroatoms. The van der Waals surface area contributed by atoms with Crippen molar-refractivity contribution in [1.29, 1.82) is 0 Å². The number of ether oxygens (including phenoxy) is 1. The smallest absolute Gasteiger partial charge is 0.326 e. The number of rotatable bonds is 7. The zero-order chi connectivity index (χ0) is 22.3. The van der Waals surface area contributed by atoms with Crippen LogP contribution in [0.4, 0.5) is 11.5 Å². The van der Waals surface area contributed by atoms with Crippen LogP contribution in [-0.4, -0.2) is 38.5 Å². The number of carboxylic acid groups (broad SMARTS) is 1. The molecule has 1 atom stereocenters. The van der Waals surface area contributed by atoms with Gasteiger partial charge in [0.2, 0.25) is 0 Å². The fourth-order valence-corrected chi connectivity index (χ4v) is 4.48. The fourth-order valence-electron chi connectivity index (χ4n) is 3.42. The van der Waals surface area contributed by atoms with Gasteiger partial charge in [0.05, 0.1) is 22.2 Å². The molecular weight excluding hydrogens is 420 g/mol. The quantitative estimate of drug-likeness (QED) is 0.317. The number of benzene rings is 2. The summed E-state index contributed by atoms with van der Waals surface area (Å²) in [6.45, 7) is 3.65. The van der Waals surface area contributed by atoms with Gasteiger partial charge in [0.1, 0.15) is 23.3 Å².